The van der Waals surface area contributed by atoms with Crippen LogP contribution in [-0.4, -0.2) is 23.1 Å². The van der Waals surface area contributed by atoms with E-state index in [2.05, 4.69) is 0 Å². The Morgan fingerprint density at radius 3 is 2.50 bits per heavy atom. The standard InChI is InChI=1S/C10H16N2O3S/c1-4-11(5-2)10-8(7(3)13)6-9(16-10)12(14)15/h6-7,13H,4-5H2,1-3H3. The number of anilines is 1. The summed E-state index contributed by atoms with van der Waals surface area (Å²) in [7, 11) is 0. The van der Waals surface area contributed by atoms with Crippen molar-refractivity contribution in [3.63, 3.8) is 0 Å². The van der Waals surface area contributed by atoms with Crippen LogP contribution in [0.1, 0.15) is 32.4 Å². The van der Waals surface area contributed by atoms with Gasteiger partial charge in [-0.2, -0.15) is 0 Å². The number of hydrogen-bond acceptors (Lipinski definition) is 5. The second-order valence-electron chi connectivity index (χ2n) is 3.45. The smallest absolute Gasteiger partial charge is 0.326 e. The minimum Gasteiger partial charge on any atom is -0.389 e. The Bertz CT molecular complexity index is 372. The molecule has 1 N–H and O–H groups in total. The van der Waals surface area contributed by atoms with Gasteiger partial charge in [0.1, 0.15) is 5.00 Å². The number of nitro groups is 1. The maximum absolute atomic E-state index is 10.7. The number of thiophene rings is 1. The molecular weight excluding hydrogens is 228 g/mol. The highest BCUT2D eigenvalue weighted by Crippen LogP contribution is 2.39. The van der Waals surface area contributed by atoms with Crippen LogP contribution in [0.5, 0.6) is 0 Å². The van der Waals surface area contributed by atoms with Crippen LogP contribution in [0.2, 0.25) is 0 Å². The van der Waals surface area contributed by atoms with Gasteiger partial charge in [-0.3, -0.25) is 10.1 Å². The van der Waals surface area contributed by atoms with Crippen molar-refractivity contribution in [1.29, 1.82) is 0 Å². The topological polar surface area (TPSA) is 66.6 Å². The van der Waals surface area contributed by atoms with Crippen molar-refractivity contribution in [1.82, 2.24) is 0 Å². The molecule has 1 atom stereocenters. The fraction of sp³-hybridized carbons (Fsp3) is 0.600. The highest BCUT2D eigenvalue weighted by Gasteiger charge is 2.22. The summed E-state index contributed by atoms with van der Waals surface area (Å²) in [5.74, 6) is 0. The minimum atomic E-state index is -0.680. The van der Waals surface area contributed by atoms with Gasteiger partial charge in [-0.25, -0.2) is 0 Å². The Labute approximate surface area is 98.5 Å². The largest absolute Gasteiger partial charge is 0.389 e. The zero-order valence-corrected chi connectivity index (χ0v) is 10.5. The lowest BCUT2D eigenvalue weighted by Crippen LogP contribution is -2.22. The predicted molar refractivity (Wildman–Crippen MR) is 65.2 cm³/mol. The molecule has 90 valence electrons. The van der Waals surface area contributed by atoms with E-state index in [1.807, 2.05) is 18.7 Å². The van der Waals surface area contributed by atoms with Crippen molar-refractivity contribution in [2.45, 2.75) is 26.9 Å². The molecule has 0 amide bonds. The summed E-state index contributed by atoms with van der Waals surface area (Å²) in [6.45, 7) is 7.14. The third-order valence-corrected chi connectivity index (χ3v) is 3.57. The van der Waals surface area contributed by atoms with Crippen LogP contribution < -0.4 is 4.90 Å². The van der Waals surface area contributed by atoms with Crippen molar-refractivity contribution in [3.8, 4) is 0 Å². The summed E-state index contributed by atoms with van der Waals surface area (Å²) in [5.41, 5.74) is 0.639. The molecule has 0 aliphatic rings. The summed E-state index contributed by atoms with van der Waals surface area (Å²) in [4.78, 5) is 12.3. The van der Waals surface area contributed by atoms with Gasteiger partial charge >= 0.3 is 5.00 Å². The molecule has 1 rings (SSSR count). The third-order valence-electron chi connectivity index (χ3n) is 2.41. The van der Waals surface area contributed by atoms with Crippen LogP contribution >= 0.6 is 11.3 Å². The van der Waals surface area contributed by atoms with Crippen molar-refractivity contribution in [2.75, 3.05) is 18.0 Å². The summed E-state index contributed by atoms with van der Waals surface area (Å²) < 4.78 is 0. The fourth-order valence-electron chi connectivity index (χ4n) is 1.53. The Balaban J connectivity index is 3.19. The average Bonchev–Trinajstić information content (AvgIpc) is 2.64. The Morgan fingerprint density at radius 1 is 1.56 bits per heavy atom. The first-order chi connectivity index (χ1) is 7.51. The van der Waals surface area contributed by atoms with Crippen molar-refractivity contribution >= 4 is 21.3 Å². The highest BCUT2D eigenvalue weighted by atomic mass is 32.1. The van der Waals surface area contributed by atoms with Gasteiger partial charge in [-0.15, -0.1) is 0 Å². The molecule has 0 saturated heterocycles. The second kappa shape index (κ2) is 5.27. The summed E-state index contributed by atoms with van der Waals surface area (Å²) in [5, 5.41) is 21.2. The van der Waals surface area contributed by atoms with Crippen molar-refractivity contribution in [2.24, 2.45) is 0 Å². The lowest BCUT2D eigenvalue weighted by atomic mass is 10.2. The van der Waals surface area contributed by atoms with Crippen LogP contribution in [0.15, 0.2) is 6.07 Å². The number of nitrogens with zero attached hydrogens (tertiary/aromatic N) is 2. The first kappa shape index (κ1) is 12.9. The lowest BCUT2D eigenvalue weighted by molar-refractivity contribution is -0.380. The van der Waals surface area contributed by atoms with Gasteiger partial charge in [0.25, 0.3) is 0 Å². The van der Waals surface area contributed by atoms with Crippen LogP contribution in [0.3, 0.4) is 0 Å². The maximum Gasteiger partial charge on any atom is 0.326 e. The van der Waals surface area contributed by atoms with Crippen LogP contribution in [-0.2, 0) is 0 Å². The van der Waals surface area contributed by atoms with Gasteiger partial charge in [-0.1, -0.05) is 0 Å². The number of hydrogen-bond donors (Lipinski definition) is 1. The molecule has 0 aliphatic carbocycles. The number of rotatable bonds is 5. The molecule has 16 heavy (non-hydrogen) atoms. The minimum absolute atomic E-state index is 0.0813. The molecule has 6 heteroatoms. The van der Waals surface area contributed by atoms with Crippen LogP contribution in [0.4, 0.5) is 10.0 Å². The fourth-order valence-corrected chi connectivity index (χ4v) is 2.72. The monoisotopic (exact) mass is 244 g/mol. The van der Waals surface area contributed by atoms with E-state index in [0.29, 0.717) is 5.56 Å². The third kappa shape index (κ3) is 2.51. The zero-order valence-electron chi connectivity index (χ0n) is 9.64. The second-order valence-corrected chi connectivity index (χ2v) is 4.46. The van der Waals surface area contributed by atoms with E-state index in [0.717, 1.165) is 29.4 Å². The maximum atomic E-state index is 10.7. The molecule has 0 bridgehead atoms. The van der Waals surface area contributed by atoms with Gasteiger partial charge in [-0.05, 0) is 32.1 Å². The number of aliphatic hydroxyl groups is 1. The van der Waals surface area contributed by atoms with Gasteiger partial charge in [0.2, 0.25) is 0 Å². The molecule has 0 saturated carbocycles. The lowest BCUT2D eigenvalue weighted by Gasteiger charge is -2.21. The first-order valence-corrected chi connectivity index (χ1v) is 6.04. The summed E-state index contributed by atoms with van der Waals surface area (Å²) in [6.07, 6.45) is -0.680. The van der Waals surface area contributed by atoms with Gasteiger partial charge in [0.05, 0.1) is 11.0 Å². The molecule has 1 aromatic heterocycles. The van der Waals surface area contributed by atoms with Crippen LogP contribution in [0.25, 0.3) is 0 Å². The van der Waals surface area contributed by atoms with Gasteiger partial charge < -0.3 is 10.0 Å². The molecule has 0 fully saturated rings. The Hall–Kier alpha value is -1.14. The van der Waals surface area contributed by atoms with Crippen LogP contribution in [0, 0.1) is 10.1 Å². The molecule has 0 radical (unpaired) electrons. The van der Waals surface area contributed by atoms with Crippen molar-refractivity contribution < 1.29 is 10.0 Å². The molecule has 5 nitrogen and oxygen atoms in total. The molecule has 0 aliphatic heterocycles. The SMILES string of the molecule is CCN(CC)c1sc([N+](=O)[O-])cc1C(C)O. The summed E-state index contributed by atoms with van der Waals surface area (Å²) in [6, 6.07) is 1.46. The van der Waals surface area contributed by atoms with E-state index in [4.69, 9.17) is 0 Å². The molecular formula is C10H16N2O3S. The number of aliphatic hydroxyl groups excluding tert-OH is 1. The predicted octanol–water partition coefficient (Wildman–Crippen LogP) is 2.56. The van der Waals surface area contributed by atoms with Gasteiger partial charge in [0.15, 0.2) is 0 Å². The quantitative estimate of drug-likeness (QED) is 0.638. The average molecular weight is 244 g/mol. The molecule has 1 unspecified atom stereocenters. The molecule has 0 spiro atoms. The normalized spacial score (nSPS) is 12.5. The van der Waals surface area contributed by atoms with Gasteiger partial charge in [0, 0.05) is 24.7 Å². The molecule has 1 aromatic rings. The zero-order chi connectivity index (χ0) is 12.3. The van der Waals surface area contributed by atoms with Crippen molar-refractivity contribution in [3.05, 3.63) is 21.7 Å². The Morgan fingerprint density at radius 2 is 2.12 bits per heavy atom. The Kier molecular flexibility index (Phi) is 4.26. The molecule has 1 heterocycles. The van der Waals surface area contributed by atoms with E-state index >= 15 is 0 Å². The van der Waals surface area contributed by atoms with E-state index in [1.54, 1.807) is 6.92 Å². The van der Waals surface area contributed by atoms with E-state index in [1.165, 1.54) is 6.07 Å². The molecule has 0 aromatic carbocycles. The first-order valence-electron chi connectivity index (χ1n) is 5.22. The van der Waals surface area contributed by atoms with E-state index in [9.17, 15) is 15.2 Å². The highest BCUT2D eigenvalue weighted by molar-refractivity contribution is 7.19. The van der Waals surface area contributed by atoms with E-state index in [-0.39, 0.29) is 5.00 Å². The summed E-state index contributed by atoms with van der Waals surface area (Å²) >= 11 is 1.12. The van der Waals surface area contributed by atoms with E-state index < -0.39 is 11.0 Å².